The fourth-order valence-electron chi connectivity index (χ4n) is 5.37. The summed E-state index contributed by atoms with van der Waals surface area (Å²) in [5.74, 6) is 1.66. The number of rotatable bonds is 3. The average Bonchev–Trinajstić information content (AvgIpc) is 3.16. The Bertz CT molecular complexity index is 1240. The van der Waals surface area contributed by atoms with Crippen LogP contribution in [-0.2, 0) is 13.7 Å². The molecular formula is C25H27N5O2. The lowest BCUT2D eigenvalue weighted by atomic mass is 9.95. The fourth-order valence-corrected chi connectivity index (χ4v) is 5.37. The van der Waals surface area contributed by atoms with Crippen LogP contribution in [0.15, 0.2) is 47.5 Å². The number of piperidine rings is 1. The maximum atomic E-state index is 12.0. The number of hydrogen-bond donors (Lipinski definition) is 1. The second kappa shape index (κ2) is 7.45. The maximum absolute atomic E-state index is 12.0. The summed E-state index contributed by atoms with van der Waals surface area (Å²) in [5.41, 5.74) is 4.73. The average molecular weight is 430 g/mol. The first-order valence-electron chi connectivity index (χ1n) is 11.3. The molecule has 0 amide bonds. The number of anilines is 1. The van der Waals surface area contributed by atoms with E-state index in [-0.39, 0.29) is 5.56 Å². The second-order valence-electron chi connectivity index (χ2n) is 9.28. The van der Waals surface area contributed by atoms with Gasteiger partial charge in [0, 0.05) is 49.4 Å². The highest BCUT2D eigenvalue weighted by Crippen LogP contribution is 2.39. The predicted octanol–water partition coefficient (Wildman–Crippen LogP) is 3.12. The van der Waals surface area contributed by atoms with Gasteiger partial charge in [-0.25, -0.2) is 4.98 Å². The van der Waals surface area contributed by atoms with Gasteiger partial charge in [0.05, 0.1) is 12.0 Å². The van der Waals surface area contributed by atoms with Crippen LogP contribution in [0.25, 0.3) is 22.4 Å². The maximum Gasteiger partial charge on any atom is 0.253 e. The molecule has 0 unspecified atom stereocenters. The van der Waals surface area contributed by atoms with E-state index in [0.717, 1.165) is 28.1 Å². The number of aromatic nitrogens is 3. The van der Waals surface area contributed by atoms with Crippen molar-refractivity contribution in [2.24, 2.45) is 7.05 Å². The molecule has 3 aliphatic rings. The molecule has 0 spiro atoms. The van der Waals surface area contributed by atoms with Crippen LogP contribution in [0.4, 0.5) is 5.82 Å². The number of hydrogen-bond acceptors (Lipinski definition) is 6. The third-order valence-electron chi connectivity index (χ3n) is 7.24. The molecule has 5 heterocycles. The number of ether oxygens (including phenoxy) is 1. The van der Waals surface area contributed by atoms with Crippen LogP contribution in [0.2, 0.25) is 0 Å². The lowest BCUT2D eigenvalue weighted by Gasteiger charge is -2.36. The van der Waals surface area contributed by atoms with Crippen molar-refractivity contribution in [2.45, 2.75) is 50.4 Å². The van der Waals surface area contributed by atoms with Gasteiger partial charge in [-0.05, 0) is 55.0 Å². The van der Waals surface area contributed by atoms with Crippen LogP contribution < -0.4 is 20.5 Å². The molecule has 3 aromatic rings. The number of nitrogens with one attached hydrogen (secondary N) is 1. The zero-order valence-electron chi connectivity index (χ0n) is 18.4. The van der Waals surface area contributed by atoms with Gasteiger partial charge in [0.25, 0.3) is 5.56 Å². The van der Waals surface area contributed by atoms with Crippen molar-refractivity contribution in [3.05, 3.63) is 58.6 Å². The summed E-state index contributed by atoms with van der Waals surface area (Å²) in [6, 6.07) is 13.8. The highest BCUT2D eigenvalue weighted by Gasteiger charge is 2.35. The number of benzene rings is 1. The third kappa shape index (κ3) is 3.28. The molecule has 2 aromatic heterocycles. The number of pyridine rings is 1. The lowest BCUT2D eigenvalue weighted by molar-refractivity contribution is 0.289. The first kappa shape index (κ1) is 19.5. The normalized spacial score (nSPS) is 23.2. The zero-order chi connectivity index (χ0) is 21.8. The summed E-state index contributed by atoms with van der Waals surface area (Å²) < 4.78 is 7.55. The van der Waals surface area contributed by atoms with Crippen LogP contribution >= 0.6 is 0 Å². The van der Waals surface area contributed by atoms with Crippen LogP contribution in [0.5, 0.6) is 5.88 Å². The summed E-state index contributed by atoms with van der Waals surface area (Å²) in [7, 11) is 3.86. The topological polar surface area (TPSA) is 72.3 Å². The van der Waals surface area contributed by atoms with E-state index >= 15 is 0 Å². The summed E-state index contributed by atoms with van der Waals surface area (Å²) in [5, 5.41) is 3.71. The Morgan fingerprint density at radius 3 is 2.66 bits per heavy atom. The highest BCUT2D eigenvalue weighted by atomic mass is 16.5. The Balaban J connectivity index is 1.28. The van der Waals surface area contributed by atoms with Gasteiger partial charge < -0.3 is 19.5 Å². The smallest absolute Gasteiger partial charge is 0.253 e. The Morgan fingerprint density at radius 2 is 1.88 bits per heavy atom. The molecule has 7 heteroatoms. The van der Waals surface area contributed by atoms with E-state index in [1.54, 1.807) is 19.4 Å². The monoisotopic (exact) mass is 429 g/mol. The molecule has 7 nitrogen and oxygen atoms in total. The SMILES string of the molecule is CN(c1ccc2c(n1)OCc1cc(-c3cc(=O)n(C)cn3)ccc1-2)[C@@H]1C[C@H]2CC[C@@H](C1)N2. The minimum absolute atomic E-state index is 0.0723. The van der Waals surface area contributed by atoms with E-state index in [1.165, 1.54) is 30.3 Å². The Kier molecular flexibility index (Phi) is 4.54. The van der Waals surface area contributed by atoms with Gasteiger partial charge in [-0.3, -0.25) is 4.79 Å². The van der Waals surface area contributed by atoms with Crippen LogP contribution in [0.1, 0.15) is 31.2 Å². The molecule has 3 aliphatic heterocycles. The molecule has 32 heavy (non-hydrogen) atoms. The molecule has 0 aliphatic carbocycles. The second-order valence-corrected chi connectivity index (χ2v) is 9.28. The predicted molar refractivity (Wildman–Crippen MR) is 124 cm³/mol. The van der Waals surface area contributed by atoms with E-state index in [1.807, 2.05) is 6.07 Å². The van der Waals surface area contributed by atoms with E-state index < -0.39 is 0 Å². The largest absolute Gasteiger partial charge is 0.472 e. The minimum Gasteiger partial charge on any atom is -0.472 e. The van der Waals surface area contributed by atoms with Crippen molar-refractivity contribution in [2.75, 3.05) is 11.9 Å². The van der Waals surface area contributed by atoms with E-state index in [0.29, 0.717) is 36.3 Å². The van der Waals surface area contributed by atoms with Crippen molar-refractivity contribution in [3.63, 3.8) is 0 Å². The highest BCUT2D eigenvalue weighted by molar-refractivity contribution is 5.77. The lowest BCUT2D eigenvalue weighted by Crippen LogP contribution is -2.47. The van der Waals surface area contributed by atoms with Gasteiger partial charge in [-0.2, -0.15) is 4.98 Å². The Morgan fingerprint density at radius 1 is 1.09 bits per heavy atom. The molecule has 0 saturated carbocycles. The zero-order valence-corrected chi connectivity index (χ0v) is 18.4. The molecular weight excluding hydrogens is 402 g/mol. The minimum atomic E-state index is -0.0723. The molecule has 1 N–H and O–H groups in total. The van der Waals surface area contributed by atoms with E-state index in [2.05, 4.69) is 46.5 Å². The van der Waals surface area contributed by atoms with Crippen molar-refractivity contribution < 1.29 is 4.74 Å². The van der Waals surface area contributed by atoms with Crippen LogP contribution in [0.3, 0.4) is 0 Å². The molecule has 3 atom stereocenters. The van der Waals surface area contributed by atoms with Crippen molar-refractivity contribution in [1.82, 2.24) is 19.9 Å². The van der Waals surface area contributed by atoms with Crippen LogP contribution in [-0.4, -0.2) is 39.7 Å². The molecule has 0 radical (unpaired) electrons. The standard InChI is InChI=1S/C25H27N5O2/c1-29-14-26-22(12-24(29)31)15-3-6-20-16(9-15)13-32-25-21(20)7-8-23(28-25)30(2)19-10-17-4-5-18(11-19)27-17/h3,6-9,12,14,17-19,27H,4-5,10-11,13H2,1-2H3/t17-,18+,19-. The first-order valence-corrected chi connectivity index (χ1v) is 11.3. The molecule has 2 bridgehead atoms. The Labute approximate surface area is 187 Å². The third-order valence-corrected chi connectivity index (χ3v) is 7.24. The van der Waals surface area contributed by atoms with Gasteiger partial charge in [0.2, 0.25) is 5.88 Å². The van der Waals surface area contributed by atoms with E-state index in [4.69, 9.17) is 9.72 Å². The molecule has 2 saturated heterocycles. The number of nitrogens with zero attached hydrogens (tertiary/aromatic N) is 4. The Hall–Kier alpha value is -3.19. The first-order chi connectivity index (χ1) is 15.5. The van der Waals surface area contributed by atoms with E-state index in [9.17, 15) is 4.79 Å². The summed E-state index contributed by atoms with van der Waals surface area (Å²) >= 11 is 0. The summed E-state index contributed by atoms with van der Waals surface area (Å²) in [6.07, 6.45) is 6.49. The fraction of sp³-hybridized carbons (Fsp3) is 0.400. The summed E-state index contributed by atoms with van der Waals surface area (Å²) in [4.78, 5) is 23.6. The van der Waals surface area contributed by atoms with Gasteiger partial charge in [-0.15, -0.1) is 0 Å². The molecule has 164 valence electrons. The molecule has 2 fully saturated rings. The molecule has 6 rings (SSSR count). The van der Waals surface area contributed by atoms with Gasteiger partial charge in [-0.1, -0.05) is 12.1 Å². The van der Waals surface area contributed by atoms with Crippen molar-refractivity contribution in [3.8, 4) is 28.3 Å². The summed E-state index contributed by atoms with van der Waals surface area (Å²) in [6.45, 7) is 0.457. The van der Waals surface area contributed by atoms with Gasteiger partial charge in [0.15, 0.2) is 0 Å². The number of fused-ring (bicyclic) bond motifs is 5. The van der Waals surface area contributed by atoms with Crippen molar-refractivity contribution >= 4 is 5.82 Å². The molecule has 1 aromatic carbocycles. The van der Waals surface area contributed by atoms with Gasteiger partial charge in [0.1, 0.15) is 12.4 Å². The quantitative estimate of drug-likeness (QED) is 0.690. The van der Waals surface area contributed by atoms with Crippen LogP contribution in [0, 0.1) is 0 Å². The van der Waals surface area contributed by atoms with Gasteiger partial charge >= 0.3 is 0 Å². The number of aryl methyl sites for hydroxylation is 1. The van der Waals surface area contributed by atoms with Crippen molar-refractivity contribution in [1.29, 1.82) is 0 Å².